The van der Waals surface area contributed by atoms with Gasteiger partial charge in [-0.3, -0.25) is 9.59 Å². The van der Waals surface area contributed by atoms with Crippen molar-refractivity contribution in [2.75, 3.05) is 17.2 Å². The zero-order valence-electron chi connectivity index (χ0n) is 10.9. The molecule has 1 aliphatic heterocycles. The quantitative estimate of drug-likeness (QED) is 0.878. The number of rotatable bonds is 2. The van der Waals surface area contributed by atoms with Crippen LogP contribution < -0.4 is 15.4 Å². The van der Waals surface area contributed by atoms with E-state index in [1.165, 1.54) is 0 Å². The Morgan fingerprint density at radius 1 is 1.19 bits per heavy atom. The summed E-state index contributed by atoms with van der Waals surface area (Å²) in [6.45, 7) is -0.0877. The van der Waals surface area contributed by atoms with E-state index in [4.69, 9.17) is 4.74 Å². The Kier molecular flexibility index (Phi) is 3.62. The van der Waals surface area contributed by atoms with Gasteiger partial charge < -0.3 is 15.4 Å². The molecule has 106 valence electrons. The fourth-order valence-electron chi connectivity index (χ4n) is 2.03. The highest BCUT2D eigenvalue weighted by Crippen LogP contribution is 2.32. The Morgan fingerprint density at radius 2 is 1.95 bits per heavy atom. The summed E-state index contributed by atoms with van der Waals surface area (Å²) in [6, 6.07) is 12.3. The normalized spacial score (nSPS) is 12.9. The topological polar surface area (TPSA) is 67.4 Å². The summed E-state index contributed by atoms with van der Waals surface area (Å²) in [5.41, 5.74) is 1.57. The number of fused-ring (bicyclic) bond motifs is 1. The summed E-state index contributed by atoms with van der Waals surface area (Å²) < 4.78 is 6.30. The number of ether oxygens (including phenoxy) is 1. The number of benzene rings is 2. The number of carbonyl (C=O) groups is 2. The Labute approximate surface area is 129 Å². The fourth-order valence-corrected chi connectivity index (χ4v) is 2.29. The maximum Gasteiger partial charge on any atom is 0.262 e. The molecular formula is C15H11BrN2O3. The summed E-state index contributed by atoms with van der Waals surface area (Å²) >= 11 is 3.34. The summed E-state index contributed by atoms with van der Waals surface area (Å²) in [5, 5.41) is 5.47. The minimum Gasteiger partial charge on any atom is -0.481 e. The zero-order valence-corrected chi connectivity index (χ0v) is 12.4. The molecule has 5 nitrogen and oxygen atoms in total. The number of halogens is 1. The number of anilines is 2. The molecule has 0 saturated carbocycles. The Hall–Kier alpha value is -2.34. The van der Waals surface area contributed by atoms with Crippen molar-refractivity contribution < 1.29 is 14.3 Å². The smallest absolute Gasteiger partial charge is 0.262 e. The van der Waals surface area contributed by atoms with Crippen LogP contribution in [0.25, 0.3) is 0 Å². The maximum atomic E-state index is 12.3. The van der Waals surface area contributed by atoms with Crippen LogP contribution in [0.4, 0.5) is 11.4 Å². The molecule has 0 saturated heterocycles. The van der Waals surface area contributed by atoms with Gasteiger partial charge in [0, 0.05) is 10.2 Å². The molecule has 0 bridgehead atoms. The third-order valence-electron chi connectivity index (χ3n) is 2.98. The van der Waals surface area contributed by atoms with Crippen molar-refractivity contribution in [3.63, 3.8) is 0 Å². The van der Waals surface area contributed by atoms with E-state index in [1.54, 1.807) is 30.3 Å². The summed E-state index contributed by atoms with van der Waals surface area (Å²) in [4.78, 5) is 23.6. The molecule has 2 aromatic carbocycles. The van der Waals surface area contributed by atoms with E-state index in [2.05, 4.69) is 26.6 Å². The van der Waals surface area contributed by atoms with Crippen LogP contribution in [0, 0.1) is 0 Å². The van der Waals surface area contributed by atoms with Crippen molar-refractivity contribution in [3.05, 3.63) is 52.5 Å². The van der Waals surface area contributed by atoms with Crippen LogP contribution in [0.1, 0.15) is 10.4 Å². The van der Waals surface area contributed by atoms with Gasteiger partial charge in [0.2, 0.25) is 0 Å². The van der Waals surface area contributed by atoms with Gasteiger partial charge in [-0.25, -0.2) is 0 Å². The summed E-state index contributed by atoms with van der Waals surface area (Å²) in [5.74, 6) is -0.120. The highest BCUT2D eigenvalue weighted by Gasteiger charge is 2.22. The second kappa shape index (κ2) is 5.57. The monoisotopic (exact) mass is 346 g/mol. The van der Waals surface area contributed by atoms with Crippen LogP contribution in [-0.2, 0) is 4.79 Å². The van der Waals surface area contributed by atoms with Gasteiger partial charge in [-0.1, -0.05) is 22.0 Å². The van der Waals surface area contributed by atoms with Gasteiger partial charge in [-0.15, -0.1) is 0 Å². The molecule has 2 amide bonds. The van der Waals surface area contributed by atoms with Crippen molar-refractivity contribution >= 4 is 39.1 Å². The van der Waals surface area contributed by atoms with Gasteiger partial charge in [-0.2, -0.15) is 0 Å². The third kappa shape index (κ3) is 2.90. The first-order valence-corrected chi connectivity index (χ1v) is 7.05. The third-order valence-corrected chi connectivity index (χ3v) is 3.51. The number of nitrogens with one attached hydrogen (secondary N) is 2. The number of hydrogen-bond acceptors (Lipinski definition) is 3. The van der Waals surface area contributed by atoms with E-state index >= 15 is 0 Å². The molecular weight excluding hydrogens is 336 g/mol. The van der Waals surface area contributed by atoms with E-state index in [0.717, 1.165) is 4.47 Å². The highest BCUT2D eigenvalue weighted by molar-refractivity contribution is 9.10. The lowest BCUT2D eigenvalue weighted by atomic mass is 10.1. The second-order valence-corrected chi connectivity index (χ2v) is 5.40. The maximum absolute atomic E-state index is 12.3. The molecule has 2 aromatic rings. The van der Waals surface area contributed by atoms with Gasteiger partial charge in [0.1, 0.15) is 0 Å². The molecule has 0 spiro atoms. The molecule has 0 fully saturated rings. The Bertz CT molecular complexity index is 713. The number of hydrogen-bond donors (Lipinski definition) is 2. The van der Waals surface area contributed by atoms with Gasteiger partial charge in [-0.05, 0) is 36.4 Å². The number of para-hydroxylation sites is 1. The zero-order chi connectivity index (χ0) is 14.8. The van der Waals surface area contributed by atoms with E-state index in [9.17, 15) is 9.59 Å². The summed E-state index contributed by atoms with van der Waals surface area (Å²) in [7, 11) is 0. The molecule has 6 heteroatoms. The lowest BCUT2D eigenvalue weighted by Gasteiger charge is -2.20. The Morgan fingerprint density at radius 3 is 2.71 bits per heavy atom. The molecule has 0 aliphatic carbocycles. The predicted molar refractivity (Wildman–Crippen MR) is 82.7 cm³/mol. The van der Waals surface area contributed by atoms with Crippen molar-refractivity contribution in [1.29, 1.82) is 0 Å². The molecule has 0 atom stereocenters. The molecule has 21 heavy (non-hydrogen) atoms. The average molecular weight is 347 g/mol. The standard InChI is InChI=1S/C15H11BrN2O3/c16-9-4-6-10(7-5-9)17-15(20)11-2-1-3-12-14(11)21-8-13(19)18-12/h1-7H,8H2,(H,17,20)(H,18,19). The van der Waals surface area contributed by atoms with Crippen molar-refractivity contribution in [2.24, 2.45) is 0 Å². The molecule has 1 aliphatic rings. The van der Waals surface area contributed by atoms with Crippen LogP contribution in [0.2, 0.25) is 0 Å². The number of amides is 2. The SMILES string of the molecule is O=C1COc2c(cccc2C(=O)Nc2ccc(Br)cc2)N1. The average Bonchev–Trinajstić information content (AvgIpc) is 2.48. The van der Waals surface area contributed by atoms with Gasteiger partial charge in [0.25, 0.3) is 11.8 Å². The fraction of sp³-hybridized carbons (Fsp3) is 0.0667. The van der Waals surface area contributed by atoms with Crippen LogP contribution in [0.15, 0.2) is 46.9 Å². The van der Waals surface area contributed by atoms with E-state index in [0.29, 0.717) is 22.7 Å². The molecule has 1 heterocycles. The molecule has 0 unspecified atom stereocenters. The molecule has 3 rings (SSSR count). The van der Waals surface area contributed by atoms with E-state index in [-0.39, 0.29) is 18.4 Å². The lowest BCUT2D eigenvalue weighted by Crippen LogP contribution is -2.27. The van der Waals surface area contributed by atoms with Crippen molar-refractivity contribution in [3.8, 4) is 5.75 Å². The number of carbonyl (C=O) groups excluding carboxylic acids is 2. The minimum atomic E-state index is -0.287. The van der Waals surface area contributed by atoms with Crippen molar-refractivity contribution in [2.45, 2.75) is 0 Å². The Balaban J connectivity index is 1.87. The summed E-state index contributed by atoms with van der Waals surface area (Å²) in [6.07, 6.45) is 0. The predicted octanol–water partition coefficient (Wildman–Crippen LogP) is 3.03. The van der Waals surface area contributed by atoms with Gasteiger partial charge in [0.15, 0.2) is 12.4 Å². The molecule has 2 N–H and O–H groups in total. The first kappa shape index (κ1) is 13.6. The van der Waals surface area contributed by atoms with Crippen LogP contribution in [-0.4, -0.2) is 18.4 Å². The largest absolute Gasteiger partial charge is 0.481 e. The van der Waals surface area contributed by atoms with Crippen LogP contribution in [0.5, 0.6) is 5.75 Å². The van der Waals surface area contributed by atoms with Crippen LogP contribution in [0.3, 0.4) is 0 Å². The van der Waals surface area contributed by atoms with E-state index in [1.807, 2.05) is 12.1 Å². The molecule has 0 radical (unpaired) electrons. The van der Waals surface area contributed by atoms with Gasteiger partial charge >= 0.3 is 0 Å². The first-order valence-electron chi connectivity index (χ1n) is 6.26. The minimum absolute atomic E-state index is 0.0877. The lowest BCUT2D eigenvalue weighted by molar-refractivity contribution is -0.118. The second-order valence-electron chi connectivity index (χ2n) is 4.48. The van der Waals surface area contributed by atoms with Crippen molar-refractivity contribution in [1.82, 2.24) is 0 Å². The van der Waals surface area contributed by atoms with E-state index < -0.39 is 0 Å². The molecule has 0 aromatic heterocycles. The highest BCUT2D eigenvalue weighted by atomic mass is 79.9. The first-order chi connectivity index (χ1) is 10.1. The van der Waals surface area contributed by atoms with Gasteiger partial charge in [0.05, 0.1) is 11.3 Å². The van der Waals surface area contributed by atoms with Crippen LogP contribution >= 0.6 is 15.9 Å².